The Labute approximate surface area is 123 Å². The van der Waals surface area contributed by atoms with Crippen molar-refractivity contribution in [2.75, 3.05) is 11.9 Å². The highest BCUT2D eigenvalue weighted by atomic mass is 32.1. The third-order valence-corrected chi connectivity index (χ3v) is 4.64. The quantitative estimate of drug-likeness (QED) is 0.909. The lowest BCUT2D eigenvalue weighted by Gasteiger charge is -2.18. The molecule has 0 fully saturated rings. The Balaban J connectivity index is 1.79. The van der Waals surface area contributed by atoms with Gasteiger partial charge in [-0.2, -0.15) is 0 Å². The lowest BCUT2D eigenvalue weighted by molar-refractivity contribution is 0.103. The molecule has 0 radical (unpaired) electrons. The molecule has 1 aliphatic rings. The third-order valence-electron chi connectivity index (χ3n) is 3.68. The summed E-state index contributed by atoms with van der Waals surface area (Å²) in [5.41, 5.74) is 4.67. The fourth-order valence-corrected chi connectivity index (χ4v) is 3.45. The van der Waals surface area contributed by atoms with Gasteiger partial charge in [0, 0.05) is 12.2 Å². The zero-order valence-corrected chi connectivity index (χ0v) is 12.3. The molecule has 2 aromatic rings. The molecule has 3 nitrogen and oxygen atoms in total. The molecule has 20 heavy (non-hydrogen) atoms. The van der Waals surface area contributed by atoms with Gasteiger partial charge in [-0.1, -0.05) is 13.0 Å². The Morgan fingerprint density at radius 1 is 1.35 bits per heavy atom. The fourth-order valence-electron chi connectivity index (χ4n) is 2.56. The molecule has 1 aromatic carbocycles. The molecule has 0 aliphatic carbocycles. The number of nitrogens with one attached hydrogen (secondary N) is 2. The first-order valence-electron chi connectivity index (χ1n) is 6.98. The number of hydrogen-bond donors (Lipinski definition) is 2. The van der Waals surface area contributed by atoms with Crippen LogP contribution in [0.15, 0.2) is 29.6 Å². The summed E-state index contributed by atoms with van der Waals surface area (Å²) < 4.78 is 0. The van der Waals surface area contributed by atoms with Crippen molar-refractivity contribution in [3.05, 3.63) is 51.2 Å². The van der Waals surface area contributed by atoms with Gasteiger partial charge < -0.3 is 10.6 Å². The maximum atomic E-state index is 12.3. The molecule has 2 heterocycles. The maximum Gasteiger partial charge on any atom is 0.266 e. The summed E-state index contributed by atoms with van der Waals surface area (Å²) >= 11 is 1.51. The van der Waals surface area contributed by atoms with Crippen LogP contribution < -0.4 is 10.6 Å². The molecule has 0 saturated carbocycles. The molecular weight excluding hydrogens is 268 g/mol. The minimum Gasteiger partial charge on any atom is -0.321 e. The molecule has 0 bridgehead atoms. The summed E-state index contributed by atoms with van der Waals surface area (Å²) in [4.78, 5) is 13.1. The second-order valence-electron chi connectivity index (χ2n) is 4.99. The van der Waals surface area contributed by atoms with Crippen LogP contribution in [0.4, 0.5) is 5.69 Å². The number of hydrogen-bond acceptors (Lipinski definition) is 3. The minimum absolute atomic E-state index is 0.000527. The molecular formula is C16H18N2OS. The molecule has 0 spiro atoms. The zero-order valence-electron chi connectivity index (χ0n) is 11.5. The van der Waals surface area contributed by atoms with E-state index in [1.54, 1.807) is 0 Å². The first-order chi connectivity index (χ1) is 9.78. The van der Waals surface area contributed by atoms with Gasteiger partial charge >= 0.3 is 0 Å². The summed E-state index contributed by atoms with van der Waals surface area (Å²) in [6, 6.07) is 8.23. The predicted molar refractivity (Wildman–Crippen MR) is 83.5 cm³/mol. The first-order valence-corrected chi connectivity index (χ1v) is 7.86. The molecule has 4 heteroatoms. The van der Waals surface area contributed by atoms with Crippen molar-refractivity contribution in [2.24, 2.45) is 0 Å². The van der Waals surface area contributed by atoms with Crippen molar-refractivity contribution >= 4 is 22.9 Å². The normalized spacial score (nSPS) is 13.8. The predicted octanol–water partition coefficient (Wildman–Crippen LogP) is 3.21. The topological polar surface area (TPSA) is 41.1 Å². The molecule has 1 amide bonds. The van der Waals surface area contributed by atoms with Crippen molar-refractivity contribution in [3.63, 3.8) is 0 Å². The van der Waals surface area contributed by atoms with Gasteiger partial charge in [-0.3, -0.25) is 4.79 Å². The van der Waals surface area contributed by atoms with E-state index in [-0.39, 0.29) is 5.91 Å². The van der Waals surface area contributed by atoms with Crippen LogP contribution in [0, 0.1) is 0 Å². The zero-order chi connectivity index (χ0) is 13.9. The Morgan fingerprint density at radius 3 is 3.10 bits per heavy atom. The highest BCUT2D eigenvalue weighted by molar-refractivity contribution is 7.12. The standard InChI is InChI=1S/C16H18N2OS/c1-2-11-6-8-20-15(11)16(19)18-14-4-3-12-5-7-17-10-13(12)9-14/h3-4,6,8-9,17H,2,5,7,10H2,1H3,(H,18,19). The van der Waals surface area contributed by atoms with Gasteiger partial charge in [0.1, 0.15) is 0 Å². The Hall–Kier alpha value is -1.65. The van der Waals surface area contributed by atoms with Gasteiger partial charge in [0.2, 0.25) is 0 Å². The van der Waals surface area contributed by atoms with Gasteiger partial charge in [0.25, 0.3) is 5.91 Å². The maximum absolute atomic E-state index is 12.3. The summed E-state index contributed by atoms with van der Waals surface area (Å²) in [5, 5.41) is 8.35. The van der Waals surface area contributed by atoms with E-state index in [9.17, 15) is 4.79 Å². The van der Waals surface area contributed by atoms with Crippen LogP contribution in [0.1, 0.15) is 33.3 Å². The van der Waals surface area contributed by atoms with Gasteiger partial charge in [-0.15, -0.1) is 11.3 Å². The number of carbonyl (C=O) groups excluding carboxylic acids is 1. The van der Waals surface area contributed by atoms with E-state index in [1.165, 1.54) is 22.5 Å². The Kier molecular flexibility index (Phi) is 3.85. The van der Waals surface area contributed by atoms with Crippen molar-refractivity contribution in [2.45, 2.75) is 26.3 Å². The largest absolute Gasteiger partial charge is 0.321 e. The van der Waals surface area contributed by atoms with Crippen molar-refractivity contribution in [1.29, 1.82) is 0 Å². The van der Waals surface area contributed by atoms with Gasteiger partial charge in [0.15, 0.2) is 0 Å². The fraction of sp³-hybridized carbons (Fsp3) is 0.312. The molecule has 3 rings (SSSR count). The van der Waals surface area contributed by atoms with Crippen LogP contribution in [-0.4, -0.2) is 12.5 Å². The van der Waals surface area contributed by atoms with Gasteiger partial charge in [-0.05, 0) is 59.7 Å². The second-order valence-corrected chi connectivity index (χ2v) is 5.91. The Bertz CT molecular complexity index is 633. The highest BCUT2D eigenvalue weighted by Crippen LogP contribution is 2.22. The lowest BCUT2D eigenvalue weighted by Crippen LogP contribution is -2.23. The van der Waals surface area contributed by atoms with Crippen molar-refractivity contribution in [3.8, 4) is 0 Å². The number of carbonyl (C=O) groups is 1. The average molecular weight is 286 g/mol. The van der Waals surface area contributed by atoms with E-state index in [0.29, 0.717) is 0 Å². The number of fused-ring (bicyclic) bond motifs is 1. The highest BCUT2D eigenvalue weighted by Gasteiger charge is 2.14. The van der Waals surface area contributed by atoms with Crippen LogP contribution in [-0.2, 0) is 19.4 Å². The monoisotopic (exact) mass is 286 g/mol. The van der Waals surface area contributed by atoms with Crippen molar-refractivity contribution in [1.82, 2.24) is 5.32 Å². The Morgan fingerprint density at radius 2 is 2.25 bits per heavy atom. The number of amides is 1. The molecule has 104 valence electrons. The van der Waals surface area contributed by atoms with Crippen LogP contribution in [0.3, 0.4) is 0 Å². The van der Waals surface area contributed by atoms with Crippen molar-refractivity contribution < 1.29 is 4.79 Å². The smallest absolute Gasteiger partial charge is 0.266 e. The van der Waals surface area contributed by atoms with E-state index in [2.05, 4.69) is 29.7 Å². The summed E-state index contributed by atoms with van der Waals surface area (Å²) in [5.74, 6) is 0.000527. The van der Waals surface area contributed by atoms with E-state index in [4.69, 9.17) is 0 Å². The molecule has 1 aliphatic heterocycles. The average Bonchev–Trinajstić information content (AvgIpc) is 2.95. The molecule has 0 saturated heterocycles. The second kappa shape index (κ2) is 5.77. The summed E-state index contributed by atoms with van der Waals surface area (Å²) in [6.45, 7) is 4.00. The lowest BCUT2D eigenvalue weighted by atomic mass is 10.0. The van der Waals surface area contributed by atoms with Crippen LogP contribution >= 0.6 is 11.3 Å². The van der Waals surface area contributed by atoms with E-state index in [0.717, 1.165) is 42.1 Å². The number of anilines is 1. The molecule has 0 unspecified atom stereocenters. The number of rotatable bonds is 3. The van der Waals surface area contributed by atoms with Gasteiger partial charge in [-0.25, -0.2) is 0 Å². The first kappa shape index (κ1) is 13.3. The minimum atomic E-state index is 0.000527. The number of benzene rings is 1. The molecule has 1 aromatic heterocycles. The van der Waals surface area contributed by atoms with Gasteiger partial charge in [0.05, 0.1) is 4.88 Å². The number of aryl methyl sites for hydroxylation is 1. The van der Waals surface area contributed by atoms with E-state index in [1.807, 2.05) is 17.5 Å². The van der Waals surface area contributed by atoms with Crippen LogP contribution in [0.5, 0.6) is 0 Å². The summed E-state index contributed by atoms with van der Waals surface area (Å²) in [7, 11) is 0. The van der Waals surface area contributed by atoms with E-state index >= 15 is 0 Å². The number of thiophene rings is 1. The molecule has 2 N–H and O–H groups in total. The van der Waals surface area contributed by atoms with Crippen LogP contribution in [0.25, 0.3) is 0 Å². The molecule has 0 atom stereocenters. The van der Waals surface area contributed by atoms with E-state index < -0.39 is 0 Å². The SMILES string of the molecule is CCc1ccsc1C(=O)Nc1ccc2c(c1)CNCC2. The summed E-state index contributed by atoms with van der Waals surface area (Å²) in [6.07, 6.45) is 1.95. The van der Waals surface area contributed by atoms with Crippen LogP contribution in [0.2, 0.25) is 0 Å². The third kappa shape index (κ3) is 2.62.